The minimum atomic E-state index is -3.31. The molecule has 3 rings (SSSR count). The molecule has 1 aliphatic heterocycles. The highest BCUT2D eigenvalue weighted by molar-refractivity contribution is 7.89. The third-order valence-electron chi connectivity index (χ3n) is 4.37. The SMILES string of the molecule is Cc1cccc(CNCc2ccc(S(=O)(=O)N3CCCC3)cc2)c1. The van der Waals surface area contributed by atoms with Gasteiger partial charge in [-0.3, -0.25) is 0 Å². The van der Waals surface area contributed by atoms with Crippen LogP contribution >= 0.6 is 0 Å². The van der Waals surface area contributed by atoms with E-state index in [2.05, 4.69) is 36.5 Å². The molecule has 0 unspecified atom stereocenters. The monoisotopic (exact) mass is 344 g/mol. The number of hydrogen-bond donors (Lipinski definition) is 1. The Balaban J connectivity index is 1.58. The number of rotatable bonds is 6. The highest BCUT2D eigenvalue weighted by Crippen LogP contribution is 2.21. The molecule has 5 heteroatoms. The van der Waals surface area contributed by atoms with E-state index in [4.69, 9.17) is 0 Å². The van der Waals surface area contributed by atoms with Crippen LogP contribution in [0.15, 0.2) is 53.4 Å². The predicted octanol–water partition coefficient (Wildman–Crippen LogP) is 3.07. The minimum Gasteiger partial charge on any atom is -0.309 e. The third-order valence-corrected chi connectivity index (χ3v) is 6.28. The zero-order valence-electron chi connectivity index (χ0n) is 14.0. The van der Waals surface area contributed by atoms with Gasteiger partial charge >= 0.3 is 0 Å². The minimum absolute atomic E-state index is 0.395. The fraction of sp³-hybridized carbons (Fsp3) is 0.368. The molecule has 0 aliphatic carbocycles. The van der Waals surface area contributed by atoms with Gasteiger partial charge in [0, 0.05) is 26.2 Å². The summed E-state index contributed by atoms with van der Waals surface area (Å²) < 4.78 is 26.6. The van der Waals surface area contributed by atoms with Crippen LogP contribution in [0.3, 0.4) is 0 Å². The number of hydrogen-bond acceptors (Lipinski definition) is 3. The maximum Gasteiger partial charge on any atom is 0.243 e. The zero-order chi connectivity index (χ0) is 17.0. The van der Waals surface area contributed by atoms with Gasteiger partial charge in [0.2, 0.25) is 10.0 Å². The number of sulfonamides is 1. The van der Waals surface area contributed by atoms with E-state index in [1.54, 1.807) is 16.4 Å². The number of benzene rings is 2. The Bertz CT molecular complexity index is 779. The maximum absolute atomic E-state index is 12.5. The summed E-state index contributed by atoms with van der Waals surface area (Å²) >= 11 is 0. The van der Waals surface area contributed by atoms with Crippen LogP contribution in [-0.2, 0) is 23.1 Å². The Labute approximate surface area is 144 Å². The highest BCUT2D eigenvalue weighted by Gasteiger charge is 2.26. The molecular weight excluding hydrogens is 320 g/mol. The van der Waals surface area contributed by atoms with Gasteiger partial charge in [-0.2, -0.15) is 4.31 Å². The molecule has 0 saturated carbocycles. The Hall–Kier alpha value is -1.69. The first-order valence-corrected chi connectivity index (χ1v) is 9.85. The van der Waals surface area contributed by atoms with Gasteiger partial charge in [0.15, 0.2) is 0 Å². The second-order valence-electron chi connectivity index (χ2n) is 6.35. The highest BCUT2D eigenvalue weighted by atomic mass is 32.2. The first-order valence-electron chi connectivity index (χ1n) is 8.41. The standard InChI is InChI=1S/C19H24N2O2S/c1-16-5-4-6-18(13-16)15-20-14-17-7-9-19(10-8-17)24(22,23)21-11-2-3-12-21/h4-10,13,20H,2-3,11-12,14-15H2,1H3. The summed E-state index contributed by atoms with van der Waals surface area (Å²) in [4.78, 5) is 0.395. The second-order valence-corrected chi connectivity index (χ2v) is 8.29. The van der Waals surface area contributed by atoms with Crippen LogP contribution in [0.4, 0.5) is 0 Å². The third kappa shape index (κ3) is 4.04. The first kappa shape index (κ1) is 17.1. The van der Waals surface area contributed by atoms with Crippen LogP contribution in [0.2, 0.25) is 0 Å². The van der Waals surface area contributed by atoms with Crippen LogP contribution in [0.5, 0.6) is 0 Å². The molecule has 0 aromatic heterocycles. The summed E-state index contributed by atoms with van der Waals surface area (Å²) in [6, 6.07) is 15.6. The zero-order valence-corrected chi connectivity index (χ0v) is 14.8. The van der Waals surface area contributed by atoms with E-state index in [0.29, 0.717) is 18.0 Å². The van der Waals surface area contributed by atoms with E-state index in [0.717, 1.165) is 31.5 Å². The van der Waals surface area contributed by atoms with Crippen molar-refractivity contribution in [2.75, 3.05) is 13.1 Å². The summed E-state index contributed by atoms with van der Waals surface area (Å²) in [6.07, 6.45) is 1.92. The molecule has 4 nitrogen and oxygen atoms in total. The summed E-state index contributed by atoms with van der Waals surface area (Å²) in [7, 11) is -3.31. The molecule has 0 amide bonds. The topological polar surface area (TPSA) is 49.4 Å². The van der Waals surface area contributed by atoms with Gasteiger partial charge in [0.1, 0.15) is 0 Å². The summed E-state index contributed by atoms with van der Waals surface area (Å²) in [5.74, 6) is 0. The van der Waals surface area contributed by atoms with Crippen molar-refractivity contribution in [3.05, 3.63) is 65.2 Å². The van der Waals surface area contributed by atoms with Crippen LogP contribution in [0.25, 0.3) is 0 Å². The number of nitrogens with one attached hydrogen (secondary N) is 1. The Morgan fingerprint density at radius 1 is 0.958 bits per heavy atom. The van der Waals surface area contributed by atoms with Gasteiger partial charge in [-0.05, 0) is 43.0 Å². The molecule has 1 heterocycles. The van der Waals surface area contributed by atoms with Crippen LogP contribution in [0.1, 0.15) is 29.5 Å². The first-order chi connectivity index (χ1) is 11.6. The second kappa shape index (κ2) is 7.47. The van der Waals surface area contributed by atoms with E-state index >= 15 is 0 Å². The average molecular weight is 344 g/mol. The lowest BCUT2D eigenvalue weighted by Gasteiger charge is -2.15. The molecule has 1 aliphatic rings. The van der Waals surface area contributed by atoms with Crippen molar-refractivity contribution in [2.45, 2.75) is 37.8 Å². The predicted molar refractivity (Wildman–Crippen MR) is 96.2 cm³/mol. The average Bonchev–Trinajstić information content (AvgIpc) is 3.11. The molecule has 0 spiro atoms. The van der Waals surface area contributed by atoms with E-state index in [9.17, 15) is 8.42 Å². The van der Waals surface area contributed by atoms with E-state index in [1.165, 1.54) is 11.1 Å². The van der Waals surface area contributed by atoms with E-state index in [-0.39, 0.29) is 0 Å². The lowest BCUT2D eigenvalue weighted by Crippen LogP contribution is -2.27. The Kier molecular flexibility index (Phi) is 5.33. The maximum atomic E-state index is 12.5. The molecule has 1 N–H and O–H groups in total. The molecule has 0 radical (unpaired) electrons. The Morgan fingerprint density at radius 3 is 2.29 bits per heavy atom. The summed E-state index contributed by atoms with van der Waals surface area (Å²) in [6.45, 7) is 4.89. The molecule has 0 bridgehead atoms. The van der Waals surface area contributed by atoms with Crippen molar-refractivity contribution in [1.29, 1.82) is 0 Å². The molecule has 24 heavy (non-hydrogen) atoms. The molecule has 1 saturated heterocycles. The van der Waals surface area contributed by atoms with Crippen molar-refractivity contribution in [2.24, 2.45) is 0 Å². The van der Waals surface area contributed by atoms with Gasteiger partial charge in [-0.1, -0.05) is 42.0 Å². The Morgan fingerprint density at radius 2 is 1.62 bits per heavy atom. The largest absolute Gasteiger partial charge is 0.309 e. The van der Waals surface area contributed by atoms with Gasteiger partial charge in [0.05, 0.1) is 4.90 Å². The molecule has 0 atom stereocenters. The van der Waals surface area contributed by atoms with Crippen molar-refractivity contribution >= 4 is 10.0 Å². The molecule has 1 fully saturated rings. The van der Waals surface area contributed by atoms with E-state index in [1.807, 2.05) is 12.1 Å². The van der Waals surface area contributed by atoms with Crippen LogP contribution < -0.4 is 5.32 Å². The van der Waals surface area contributed by atoms with Crippen LogP contribution in [-0.4, -0.2) is 25.8 Å². The quantitative estimate of drug-likeness (QED) is 0.876. The normalized spacial score (nSPS) is 15.7. The van der Waals surface area contributed by atoms with Crippen molar-refractivity contribution in [3.63, 3.8) is 0 Å². The number of nitrogens with zero attached hydrogens (tertiary/aromatic N) is 1. The molecule has 2 aromatic carbocycles. The summed E-state index contributed by atoms with van der Waals surface area (Å²) in [5, 5.41) is 3.40. The molecule has 128 valence electrons. The van der Waals surface area contributed by atoms with E-state index < -0.39 is 10.0 Å². The fourth-order valence-corrected chi connectivity index (χ4v) is 4.55. The smallest absolute Gasteiger partial charge is 0.243 e. The van der Waals surface area contributed by atoms with Gasteiger partial charge < -0.3 is 5.32 Å². The van der Waals surface area contributed by atoms with Crippen molar-refractivity contribution < 1.29 is 8.42 Å². The lowest BCUT2D eigenvalue weighted by molar-refractivity contribution is 0.477. The van der Waals surface area contributed by atoms with Crippen molar-refractivity contribution in [3.8, 4) is 0 Å². The van der Waals surface area contributed by atoms with Crippen molar-refractivity contribution in [1.82, 2.24) is 9.62 Å². The lowest BCUT2D eigenvalue weighted by atomic mass is 10.1. The van der Waals surface area contributed by atoms with Gasteiger partial charge in [-0.25, -0.2) is 8.42 Å². The number of aryl methyl sites for hydroxylation is 1. The summed E-state index contributed by atoms with van der Waals surface area (Å²) in [5.41, 5.74) is 3.59. The van der Waals surface area contributed by atoms with Gasteiger partial charge in [0.25, 0.3) is 0 Å². The fourth-order valence-electron chi connectivity index (χ4n) is 3.03. The molecule has 2 aromatic rings. The van der Waals surface area contributed by atoms with Crippen LogP contribution in [0, 0.1) is 6.92 Å². The van der Waals surface area contributed by atoms with Gasteiger partial charge in [-0.15, -0.1) is 0 Å². The molecular formula is C19H24N2O2S.